The standard InChI is InChI=1S/C34H47N3O5/c1-20(2)24-11-7-8-12-25(24)29-28(35-19-23-17-22(21-14-15-21)18-36-31(23)41-6)27(34(3,4)5)30(33(39)40)37(29)32(38)26-13-9-10-16-42-26/h7-8,11-12,17-18,20-21,26-30,35H,9-10,13-16,19H2,1-6H3,(H,39,40)/t26-,27-,28-,29-,30-/m0/s1. The maximum atomic E-state index is 14.4. The van der Waals surface area contributed by atoms with Crippen molar-refractivity contribution in [2.75, 3.05) is 13.7 Å². The largest absolute Gasteiger partial charge is 0.481 e. The molecule has 8 nitrogen and oxygen atoms in total. The highest BCUT2D eigenvalue weighted by Gasteiger charge is 2.59. The van der Waals surface area contributed by atoms with E-state index < -0.39 is 29.6 Å². The second-order valence-electron chi connectivity index (χ2n) is 13.6. The summed E-state index contributed by atoms with van der Waals surface area (Å²) in [5.41, 5.74) is 3.83. The fraction of sp³-hybridized carbons (Fsp3) is 0.618. The summed E-state index contributed by atoms with van der Waals surface area (Å²) in [6.45, 7) is 11.5. The first-order valence-corrected chi connectivity index (χ1v) is 15.5. The molecule has 0 spiro atoms. The average Bonchev–Trinajstić information content (AvgIpc) is 3.76. The van der Waals surface area contributed by atoms with Crippen molar-refractivity contribution in [1.29, 1.82) is 0 Å². The molecule has 2 aromatic rings. The van der Waals surface area contributed by atoms with Crippen LogP contribution in [0.1, 0.15) is 107 Å². The molecule has 8 heteroatoms. The van der Waals surface area contributed by atoms with Crippen molar-refractivity contribution in [3.05, 3.63) is 58.8 Å². The van der Waals surface area contributed by atoms with Crippen LogP contribution in [0.5, 0.6) is 5.88 Å². The monoisotopic (exact) mass is 577 g/mol. The zero-order valence-electron chi connectivity index (χ0n) is 25.9. The molecule has 2 saturated heterocycles. The predicted molar refractivity (Wildman–Crippen MR) is 161 cm³/mol. The molecule has 3 heterocycles. The van der Waals surface area contributed by atoms with Gasteiger partial charge in [0.15, 0.2) is 0 Å². The molecular formula is C34H47N3O5. The maximum Gasteiger partial charge on any atom is 0.326 e. The number of hydrogen-bond acceptors (Lipinski definition) is 6. The lowest BCUT2D eigenvalue weighted by molar-refractivity contribution is -0.159. The molecule has 1 aliphatic carbocycles. The van der Waals surface area contributed by atoms with E-state index in [-0.39, 0.29) is 23.8 Å². The van der Waals surface area contributed by atoms with E-state index in [1.54, 1.807) is 12.0 Å². The number of carboxylic acid groups (broad SMARTS) is 1. The molecule has 3 aliphatic rings. The summed E-state index contributed by atoms with van der Waals surface area (Å²) in [6.07, 6.45) is 6.03. The van der Waals surface area contributed by atoms with Gasteiger partial charge in [-0.1, -0.05) is 58.9 Å². The number of aliphatic carboxylic acids is 1. The number of hydrogen-bond donors (Lipinski definition) is 2. The van der Waals surface area contributed by atoms with Gasteiger partial charge in [0.25, 0.3) is 5.91 Å². The number of methoxy groups -OCH3 is 1. The van der Waals surface area contributed by atoms with Gasteiger partial charge in [0.2, 0.25) is 5.88 Å². The molecule has 228 valence electrons. The van der Waals surface area contributed by atoms with Gasteiger partial charge in [-0.3, -0.25) is 4.79 Å². The molecule has 5 rings (SSSR count). The van der Waals surface area contributed by atoms with E-state index in [4.69, 9.17) is 9.47 Å². The summed E-state index contributed by atoms with van der Waals surface area (Å²) in [6, 6.07) is 8.50. The Morgan fingerprint density at radius 3 is 2.50 bits per heavy atom. The van der Waals surface area contributed by atoms with Gasteiger partial charge in [-0.05, 0) is 72.1 Å². The topological polar surface area (TPSA) is 101 Å². The van der Waals surface area contributed by atoms with Crippen LogP contribution in [0.15, 0.2) is 36.5 Å². The molecular weight excluding hydrogens is 530 g/mol. The molecule has 3 fully saturated rings. The quantitative estimate of drug-likeness (QED) is 0.387. The summed E-state index contributed by atoms with van der Waals surface area (Å²) >= 11 is 0. The lowest BCUT2D eigenvalue weighted by Crippen LogP contribution is -2.51. The highest BCUT2D eigenvalue weighted by Crippen LogP contribution is 2.50. The van der Waals surface area contributed by atoms with Crippen molar-refractivity contribution >= 4 is 11.9 Å². The van der Waals surface area contributed by atoms with Crippen LogP contribution >= 0.6 is 0 Å². The Balaban J connectivity index is 1.63. The van der Waals surface area contributed by atoms with Crippen molar-refractivity contribution in [2.24, 2.45) is 11.3 Å². The number of ether oxygens (including phenoxy) is 2. The number of nitrogens with one attached hydrogen (secondary N) is 1. The van der Waals surface area contributed by atoms with Crippen LogP contribution in [0, 0.1) is 11.3 Å². The number of benzene rings is 1. The molecule has 1 aromatic carbocycles. The third-order valence-corrected chi connectivity index (χ3v) is 9.28. The minimum atomic E-state index is -1.01. The van der Waals surface area contributed by atoms with E-state index in [2.05, 4.69) is 63.1 Å². The van der Waals surface area contributed by atoms with E-state index in [0.717, 1.165) is 29.5 Å². The minimum Gasteiger partial charge on any atom is -0.481 e. The van der Waals surface area contributed by atoms with Crippen LogP contribution in [0.25, 0.3) is 0 Å². The fourth-order valence-electron chi connectivity index (χ4n) is 7.16. The predicted octanol–water partition coefficient (Wildman–Crippen LogP) is 5.82. The Bertz CT molecular complexity index is 1280. The number of carbonyl (C=O) groups excluding carboxylic acids is 1. The normalized spacial score (nSPS) is 26.5. The summed E-state index contributed by atoms with van der Waals surface area (Å²) in [7, 11) is 1.63. The first kappa shape index (κ1) is 30.5. The number of nitrogens with zero attached hydrogens (tertiary/aromatic N) is 2. The van der Waals surface area contributed by atoms with Crippen molar-refractivity contribution in [2.45, 2.75) is 109 Å². The first-order valence-electron chi connectivity index (χ1n) is 15.5. The second-order valence-corrected chi connectivity index (χ2v) is 13.6. The molecule has 42 heavy (non-hydrogen) atoms. The van der Waals surface area contributed by atoms with Crippen LogP contribution < -0.4 is 10.1 Å². The number of carboxylic acids is 1. The Morgan fingerprint density at radius 1 is 1.17 bits per heavy atom. The maximum absolute atomic E-state index is 14.4. The number of rotatable bonds is 9. The lowest BCUT2D eigenvalue weighted by atomic mass is 9.72. The SMILES string of the molecule is COc1ncc(C2CC2)cc1CN[C@H]1[C@H](C(C)(C)C)[C@@H](C(=O)O)N(C(=O)[C@@H]2CCCCO2)[C@H]1c1ccccc1C(C)C. The van der Waals surface area contributed by atoms with Gasteiger partial charge in [0.1, 0.15) is 12.1 Å². The van der Waals surface area contributed by atoms with E-state index in [0.29, 0.717) is 31.4 Å². The zero-order valence-corrected chi connectivity index (χ0v) is 25.9. The zero-order chi connectivity index (χ0) is 30.2. The number of amides is 1. The van der Waals surface area contributed by atoms with Crippen LogP contribution in [-0.2, 0) is 20.9 Å². The molecule has 1 saturated carbocycles. The molecule has 0 bridgehead atoms. The fourth-order valence-corrected chi connectivity index (χ4v) is 7.16. The number of aromatic nitrogens is 1. The van der Waals surface area contributed by atoms with Gasteiger partial charge < -0.3 is 24.8 Å². The molecule has 2 N–H and O–H groups in total. The molecule has 0 radical (unpaired) electrons. The number of likely N-dealkylation sites (tertiary alicyclic amines) is 1. The molecule has 2 aliphatic heterocycles. The van der Waals surface area contributed by atoms with Crippen molar-refractivity contribution in [1.82, 2.24) is 15.2 Å². The van der Waals surface area contributed by atoms with Crippen molar-refractivity contribution in [3.8, 4) is 5.88 Å². The Kier molecular flexibility index (Phi) is 8.95. The van der Waals surface area contributed by atoms with Crippen LogP contribution in [0.2, 0.25) is 0 Å². The highest BCUT2D eigenvalue weighted by molar-refractivity contribution is 5.88. The van der Waals surface area contributed by atoms with Gasteiger partial charge in [-0.2, -0.15) is 0 Å². The highest BCUT2D eigenvalue weighted by atomic mass is 16.5. The van der Waals surface area contributed by atoms with E-state index in [9.17, 15) is 14.7 Å². The Labute approximate surface area is 250 Å². The van der Waals surface area contributed by atoms with Gasteiger partial charge >= 0.3 is 5.97 Å². The van der Waals surface area contributed by atoms with E-state index in [1.165, 1.54) is 18.4 Å². The van der Waals surface area contributed by atoms with Crippen LogP contribution in [0.3, 0.4) is 0 Å². The van der Waals surface area contributed by atoms with Gasteiger partial charge in [-0.25, -0.2) is 9.78 Å². The second kappa shape index (κ2) is 12.3. The molecule has 1 amide bonds. The molecule has 1 aromatic heterocycles. The third-order valence-electron chi connectivity index (χ3n) is 9.28. The van der Waals surface area contributed by atoms with Gasteiger partial charge in [0, 0.05) is 36.9 Å². The van der Waals surface area contributed by atoms with Crippen molar-refractivity contribution in [3.63, 3.8) is 0 Å². The Hall–Kier alpha value is -2.97. The van der Waals surface area contributed by atoms with Crippen molar-refractivity contribution < 1.29 is 24.2 Å². The van der Waals surface area contributed by atoms with E-state index in [1.807, 2.05) is 18.3 Å². The summed E-state index contributed by atoms with van der Waals surface area (Å²) in [4.78, 5) is 33.9. The third kappa shape index (κ3) is 6.06. The van der Waals surface area contributed by atoms with E-state index >= 15 is 0 Å². The average molecular weight is 578 g/mol. The Morgan fingerprint density at radius 2 is 1.90 bits per heavy atom. The summed E-state index contributed by atoms with van der Waals surface area (Å²) in [5, 5.41) is 14.6. The van der Waals surface area contributed by atoms with Crippen LogP contribution in [0.4, 0.5) is 0 Å². The lowest BCUT2D eigenvalue weighted by Gasteiger charge is -2.36. The smallest absolute Gasteiger partial charge is 0.326 e. The number of pyridine rings is 1. The van der Waals surface area contributed by atoms with Crippen LogP contribution in [-0.4, -0.2) is 58.8 Å². The minimum absolute atomic E-state index is 0.196. The first-order chi connectivity index (χ1) is 20.0. The summed E-state index contributed by atoms with van der Waals surface area (Å²) < 4.78 is 11.6. The molecule has 5 atom stereocenters. The summed E-state index contributed by atoms with van der Waals surface area (Å²) in [5.74, 6) is -0.277. The van der Waals surface area contributed by atoms with Gasteiger partial charge in [-0.15, -0.1) is 0 Å². The van der Waals surface area contributed by atoms with Gasteiger partial charge in [0.05, 0.1) is 13.2 Å². The molecule has 0 unspecified atom stereocenters. The number of carbonyl (C=O) groups is 2.